The van der Waals surface area contributed by atoms with E-state index in [1.165, 1.54) is 0 Å². The molecule has 0 bridgehead atoms. The lowest BCUT2D eigenvalue weighted by Gasteiger charge is -2.21. The molecule has 1 atom stereocenters. The molecule has 0 unspecified atom stereocenters. The van der Waals surface area contributed by atoms with E-state index in [-0.39, 0.29) is 24.7 Å². The second-order valence-electron chi connectivity index (χ2n) is 5.38. The number of nitrogens with two attached hydrogens (primary N) is 1. The van der Waals surface area contributed by atoms with Crippen molar-refractivity contribution >= 4 is 12.4 Å². The fourth-order valence-corrected chi connectivity index (χ4v) is 1.97. The van der Waals surface area contributed by atoms with Gasteiger partial charge in [-0.3, -0.25) is 0 Å². The maximum atomic E-state index is 12.9. The largest absolute Gasteiger partial charge is 0.416 e. The molecule has 0 fully saturated rings. The molecule has 1 rings (SSSR count). The molecular formula is C14H18ClF6N. The summed E-state index contributed by atoms with van der Waals surface area (Å²) >= 11 is 0. The first-order chi connectivity index (χ1) is 9.43. The standard InChI is InChI=1S/C14H17F6N.ClH/c1-8(2)3-6-12(21)10-7-9(13(15,16)17)4-5-11(10)14(18,19)20;/h4-5,7-8,12H,3,6,21H2,1-2H3;1H/t12-;/m0./s1. The van der Waals surface area contributed by atoms with Crippen molar-refractivity contribution in [3.05, 3.63) is 34.9 Å². The first-order valence-corrected chi connectivity index (χ1v) is 6.47. The van der Waals surface area contributed by atoms with Crippen LogP contribution < -0.4 is 5.73 Å². The van der Waals surface area contributed by atoms with E-state index in [2.05, 4.69) is 0 Å². The van der Waals surface area contributed by atoms with Crippen LogP contribution in [0.4, 0.5) is 26.3 Å². The van der Waals surface area contributed by atoms with Crippen LogP contribution in [0.15, 0.2) is 18.2 Å². The van der Waals surface area contributed by atoms with Crippen molar-refractivity contribution in [2.75, 3.05) is 0 Å². The summed E-state index contributed by atoms with van der Waals surface area (Å²) in [5.41, 5.74) is 2.96. The molecule has 0 aliphatic heterocycles. The third-order valence-corrected chi connectivity index (χ3v) is 3.14. The Morgan fingerprint density at radius 2 is 1.50 bits per heavy atom. The highest BCUT2D eigenvalue weighted by Crippen LogP contribution is 2.39. The molecule has 0 saturated heterocycles. The fraction of sp³-hybridized carbons (Fsp3) is 0.571. The molecule has 0 heterocycles. The predicted octanol–water partition coefficient (Wildman–Crippen LogP) is 5.58. The van der Waals surface area contributed by atoms with E-state index in [0.717, 1.165) is 0 Å². The Morgan fingerprint density at radius 1 is 0.955 bits per heavy atom. The number of hydrogen-bond donors (Lipinski definition) is 1. The van der Waals surface area contributed by atoms with E-state index in [1.807, 2.05) is 13.8 Å². The van der Waals surface area contributed by atoms with E-state index >= 15 is 0 Å². The fourth-order valence-electron chi connectivity index (χ4n) is 1.97. The molecular weight excluding hydrogens is 332 g/mol. The van der Waals surface area contributed by atoms with Crippen molar-refractivity contribution in [1.82, 2.24) is 0 Å². The van der Waals surface area contributed by atoms with Gasteiger partial charge in [-0.2, -0.15) is 26.3 Å². The van der Waals surface area contributed by atoms with Gasteiger partial charge in [0.2, 0.25) is 0 Å². The third kappa shape index (κ3) is 5.68. The van der Waals surface area contributed by atoms with E-state index in [0.29, 0.717) is 24.6 Å². The molecule has 0 aliphatic carbocycles. The molecule has 22 heavy (non-hydrogen) atoms. The van der Waals surface area contributed by atoms with Crippen molar-refractivity contribution in [2.24, 2.45) is 11.7 Å². The maximum Gasteiger partial charge on any atom is 0.416 e. The van der Waals surface area contributed by atoms with E-state index < -0.39 is 35.1 Å². The van der Waals surface area contributed by atoms with Gasteiger partial charge in [0.1, 0.15) is 0 Å². The molecule has 2 N–H and O–H groups in total. The molecule has 0 spiro atoms. The summed E-state index contributed by atoms with van der Waals surface area (Å²) in [6, 6.07) is 0.314. The zero-order valence-electron chi connectivity index (χ0n) is 12.1. The molecule has 8 heteroatoms. The Kier molecular flexibility index (Phi) is 7.22. The summed E-state index contributed by atoms with van der Waals surface area (Å²) in [4.78, 5) is 0. The van der Waals surface area contributed by atoms with E-state index in [4.69, 9.17) is 5.73 Å². The first-order valence-electron chi connectivity index (χ1n) is 6.47. The van der Waals surface area contributed by atoms with Gasteiger partial charge >= 0.3 is 12.4 Å². The number of halogens is 7. The van der Waals surface area contributed by atoms with Gasteiger partial charge in [-0.05, 0) is 42.5 Å². The van der Waals surface area contributed by atoms with Gasteiger partial charge in [-0.25, -0.2) is 0 Å². The molecule has 0 aliphatic rings. The smallest absolute Gasteiger partial charge is 0.324 e. The first kappa shape index (κ1) is 21.0. The Morgan fingerprint density at radius 3 is 1.91 bits per heavy atom. The van der Waals surface area contributed by atoms with E-state index in [9.17, 15) is 26.3 Å². The average molecular weight is 350 g/mol. The summed E-state index contributed by atoms with van der Waals surface area (Å²) in [5, 5.41) is 0. The molecule has 128 valence electrons. The van der Waals surface area contributed by atoms with Crippen LogP contribution in [0.2, 0.25) is 0 Å². The van der Waals surface area contributed by atoms with Crippen molar-refractivity contribution < 1.29 is 26.3 Å². The third-order valence-electron chi connectivity index (χ3n) is 3.14. The highest BCUT2D eigenvalue weighted by atomic mass is 35.5. The Balaban J connectivity index is 0.00000441. The summed E-state index contributed by atoms with van der Waals surface area (Å²) in [6.45, 7) is 3.73. The number of benzene rings is 1. The van der Waals surface area contributed by atoms with Crippen molar-refractivity contribution in [2.45, 2.75) is 45.1 Å². The lowest BCUT2D eigenvalue weighted by molar-refractivity contribution is -0.142. The summed E-state index contributed by atoms with van der Waals surface area (Å²) < 4.78 is 76.7. The van der Waals surface area contributed by atoms with Crippen molar-refractivity contribution in [1.29, 1.82) is 0 Å². The van der Waals surface area contributed by atoms with Crippen molar-refractivity contribution in [3.8, 4) is 0 Å². The van der Waals surface area contributed by atoms with Crippen LogP contribution in [0.25, 0.3) is 0 Å². The molecule has 1 nitrogen and oxygen atoms in total. The lowest BCUT2D eigenvalue weighted by atomic mass is 9.93. The second-order valence-corrected chi connectivity index (χ2v) is 5.38. The maximum absolute atomic E-state index is 12.9. The quantitative estimate of drug-likeness (QED) is 0.705. The average Bonchev–Trinajstić information content (AvgIpc) is 2.33. The summed E-state index contributed by atoms with van der Waals surface area (Å²) in [7, 11) is 0. The number of rotatable bonds is 4. The Hall–Kier alpha value is -0.950. The zero-order valence-corrected chi connectivity index (χ0v) is 12.9. The lowest BCUT2D eigenvalue weighted by Crippen LogP contribution is -2.19. The van der Waals surface area contributed by atoms with Crippen molar-refractivity contribution in [3.63, 3.8) is 0 Å². The van der Waals surface area contributed by atoms with Gasteiger partial charge in [0, 0.05) is 6.04 Å². The minimum Gasteiger partial charge on any atom is -0.324 e. The van der Waals surface area contributed by atoms with Crippen LogP contribution in [-0.2, 0) is 12.4 Å². The number of alkyl halides is 6. The molecule has 0 radical (unpaired) electrons. The van der Waals surface area contributed by atoms with Gasteiger partial charge in [-0.1, -0.05) is 13.8 Å². The Labute approximate surface area is 131 Å². The van der Waals surface area contributed by atoms with Crippen LogP contribution in [0.3, 0.4) is 0 Å². The normalized spacial score (nSPS) is 13.9. The highest BCUT2D eigenvalue weighted by molar-refractivity contribution is 5.85. The minimum atomic E-state index is -4.73. The SMILES string of the molecule is CC(C)CC[C@H](N)c1cc(C(F)(F)F)ccc1C(F)(F)F.Cl. The zero-order chi connectivity index (χ0) is 16.4. The molecule has 1 aromatic carbocycles. The van der Waals surface area contributed by atoms with Crippen LogP contribution in [0, 0.1) is 5.92 Å². The van der Waals surface area contributed by atoms with E-state index in [1.54, 1.807) is 0 Å². The van der Waals surface area contributed by atoms with Crippen LogP contribution in [0.5, 0.6) is 0 Å². The van der Waals surface area contributed by atoms with Crippen LogP contribution in [0.1, 0.15) is 49.4 Å². The topological polar surface area (TPSA) is 26.0 Å². The Bertz CT molecular complexity index is 481. The molecule has 0 saturated carbocycles. The monoisotopic (exact) mass is 349 g/mol. The minimum absolute atomic E-state index is 0. The van der Waals surface area contributed by atoms with Gasteiger partial charge in [-0.15, -0.1) is 12.4 Å². The van der Waals surface area contributed by atoms with Gasteiger partial charge in [0.25, 0.3) is 0 Å². The molecule has 1 aromatic rings. The summed E-state index contributed by atoms with van der Waals surface area (Å²) in [5.74, 6) is 0.205. The van der Waals surface area contributed by atoms with Crippen LogP contribution >= 0.6 is 12.4 Å². The molecule has 0 amide bonds. The van der Waals surface area contributed by atoms with Gasteiger partial charge < -0.3 is 5.73 Å². The molecule has 0 aromatic heterocycles. The summed E-state index contributed by atoms with van der Waals surface area (Å²) in [6.07, 6.45) is -8.69. The predicted molar refractivity (Wildman–Crippen MR) is 74.7 cm³/mol. The second kappa shape index (κ2) is 7.55. The van der Waals surface area contributed by atoms with Gasteiger partial charge in [0.05, 0.1) is 11.1 Å². The van der Waals surface area contributed by atoms with Crippen LogP contribution in [-0.4, -0.2) is 0 Å². The number of hydrogen-bond acceptors (Lipinski definition) is 1. The van der Waals surface area contributed by atoms with Gasteiger partial charge in [0.15, 0.2) is 0 Å². The highest BCUT2D eigenvalue weighted by Gasteiger charge is 2.38.